The summed E-state index contributed by atoms with van der Waals surface area (Å²) in [7, 11) is 0. The number of ether oxygens (including phenoxy) is 2. The normalized spacial score (nSPS) is 19.8. The van der Waals surface area contributed by atoms with Gasteiger partial charge in [0.05, 0.1) is 23.9 Å². The Morgan fingerprint density at radius 2 is 2.27 bits per heavy atom. The number of hydrogen-bond acceptors (Lipinski definition) is 4. The molecule has 2 atom stereocenters. The van der Waals surface area contributed by atoms with Gasteiger partial charge in [0.25, 0.3) is 0 Å². The molecule has 138 valence electrons. The zero-order valence-electron chi connectivity index (χ0n) is 13.8. The number of nitrogens with zero attached hydrogens (tertiary/aromatic N) is 1. The van der Waals surface area contributed by atoms with Crippen LogP contribution in [-0.2, 0) is 4.74 Å². The minimum atomic E-state index is -1.09. The Labute approximate surface area is 154 Å². The van der Waals surface area contributed by atoms with Crippen molar-refractivity contribution in [3.63, 3.8) is 0 Å². The number of aromatic nitrogens is 1. The minimum Gasteiger partial charge on any atom is -0.490 e. The zero-order chi connectivity index (χ0) is 18.5. The van der Waals surface area contributed by atoms with Crippen molar-refractivity contribution in [3.8, 4) is 17.0 Å². The first-order valence-electron chi connectivity index (χ1n) is 8.14. The van der Waals surface area contributed by atoms with Crippen LogP contribution in [0.15, 0.2) is 36.5 Å². The van der Waals surface area contributed by atoms with E-state index in [1.807, 2.05) is 0 Å². The molecule has 1 amide bonds. The van der Waals surface area contributed by atoms with E-state index in [0.29, 0.717) is 35.9 Å². The maximum Gasteiger partial charge on any atom is 0.404 e. The van der Waals surface area contributed by atoms with Gasteiger partial charge in [-0.25, -0.2) is 9.18 Å². The molecule has 1 saturated heterocycles. The lowest BCUT2D eigenvalue weighted by molar-refractivity contribution is 0.0134. The topological polar surface area (TPSA) is 80.7 Å². The summed E-state index contributed by atoms with van der Waals surface area (Å²) in [6.45, 7) is 0.998. The van der Waals surface area contributed by atoms with Gasteiger partial charge in [-0.3, -0.25) is 4.98 Å². The molecule has 0 saturated carbocycles. The Bertz CT molecular complexity index is 772. The van der Waals surface area contributed by atoms with Crippen LogP contribution in [0.1, 0.15) is 6.42 Å². The van der Waals surface area contributed by atoms with Crippen molar-refractivity contribution >= 4 is 17.7 Å². The van der Waals surface area contributed by atoms with Gasteiger partial charge >= 0.3 is 6.09 Å². The number of halogens is 2. The molecule has 2 heterocycles. The molecule has 1 aromatic carbocycles. The molecule has 8 heteroatoms. The second kappa shape index (κ2) is 8.33. The van der Waals surface area contributed by atoms with E-state index < -0.39 is 11.9 Å². The van der Waals surface area contributed by atoms with E-state index in [-0.39, 0.29) is 24.3 Å². The fourth-order valence-corrected chi connectivity index (χ4v) is 2.94. The molecule has 0 spiro atoms. The summed E-state index contributed by atoms with van der Waals surface area (Å²) in [4.78, 5) is 15.0. The Kier molecular flexibility index (Phi) is 5.90. The Morgan fingerprint density at radius 1 is 1.42 bits per heavy atom. The summed E-state index contributed by atoms with van der Waals surface area (Å²) < 4.78 is 25.3. The maximum absolute atomic E-state index is 14.4. The second-order valence-electron chi connectivity index (χ2n) is 6.00. The van der Waals surface area contributed by atoms with E-state index in [4.69, 9.17) is 26.2 Å². The van der Waals surface area contributed by atoms with Crippen molar-refractivity contribution in [2.75, 3.05) is 19.8 Å². The Balaban J connectivity index is 1.66. The van der Waals surface area contributed by atoms with Gasteiger partial charge in [-0.2, -0.15) is 0 Å². The number of carboxylic acid groups (broad SMARTS) is 1. The molecule has 2 unspecified atom stereocenters. The fraction of sp³-hybridized carbons (Fsp3) is 0.333. The summed E-state index contributed by atoms with van der Waals surface area (Å²) >= 11 is 5.81. The maximum atomic E-state index is 14.4. The summed E-state index contributed by atoms with van der Waals surface area (Å²) in [5.74, 6) is -0.599. The standard InChI is InChI=1S/C18H18ClFN2O4/c19-13-2-3-15(21-8-13)11-1-4-17(14(20)7-11)26-10-12-9-25-6-5-16(12)22-18(23)24/h1-4,7-8,12,16,22H,5-6,9-10H2,(H,23,24). The first-order valence-corrected chi connectivity index (χ1v) is 8.52. The molecule has 0 bridgehead atoms. The van der Waals surface area contributed by atoms with Crippen molar-refractivity contribution < 1.29 is 23.8 Å². The van der Waals surface area contributed by atoms with E-state index in [0.717, 1.165) is 0 Å². The van der Waals surface area contributed by atoms with Crippen molar-refractivity contribution in [1.82, 2.24) is 10.3 Å². The quantitative estimate of drug-likeness (QED) is 0.828. The average molecular weight is 381 g/mol. The minimum absolute atomic E-state index is 0.0994. The molecule has 26 heavy (non-hydrogen) atoms. The van der Waals surface area contributed by atoms with Crippen LogP contribution < -0.4 is 10.1 Å². The molecular formula is C18H18ClFN2O4. The van der Waals surface area contributed by atoms with Crippen LogP contribution in [0.4, 0.5) is 9.18 Å². The highest BCUT2D eigenvalue weighted by molar-refractivity contribution is 6.30. The molecule has 2 N–H and O–H groups in total. The Morgan fingerprint density at radius 3 is 2.96 bits per heavy atom. The number of carbonyl (C=O) groups is 1. The number of pyridine rings is 1. The van der Waals surface area contributed by atoms with E-state index in [1.54, 1.807) is 18.2 Å². The molecule has 2 aromatic rings. The first kappa shape index (κ1) is 18.4. The summed E-state index contributed by atoms with van der Waals surface area (Å²) in [6.07, 6.45) is 0.967. The third-order valence-corrected chi connectivity index (χ3v) is 4.41. The number of benzene rings is 1. The predicted octanol–water partition coefficient (Wildman–Crippen LogP) is 3.59. The molecule has 1 fully saturated rings. The predicted molar refractivity (Wildman–Crippen MR) is 94.0 cm³/mol. The van der Waals surface area contributed by atoms with E-state index in [1.165, 1.54) is 18.3 Å². The van der Waals surface area contributed by atoms with Gasteiger partial charge in [0, 0.05) is 30.3 Å². The number of rotatable bonds is 5. The van der Waals surface area contributed by atoms with Crippen molar-refractivity contribution in [3.05, 3.63) is 47.4 Å². The van der Waals surface area contributed by atoms with Gasteiger partial charge in [-0.05, 0) is 36.8 Å². The van der Waals surface area contributed by atoms with Crippen molar-refractivity contribution in [2.45, 2.75) is 12.5 Å². The Hall–Kier alpha value is -2.38. The van der Waals surface area contributed by atoms with Crippen LogP contribution in [0, 0.1) is 11.7 Å². The molecule has 0 radical (unpaired) electrons. The first-order chi connectivity index (χ1) is 12.5. The summed E-state index contributed by atoms with van der Waals surface area (Å²) in [5, 5.41) is 11.9. The van der Waals surface area contributed by atoms with Gasteiger partial charge in [-0.1, -0.05) is 11.6 Å². The van der Waals surface area contributed by atoms with Gasteiger partial charge in [0.15, 0.2) is 11.6 Å². The number of nitrogens with one attached hydrogen (secondary N) is 1. The lowest BCUT2D eigenvalue weighted by atomic mass is 9.97. The van der Waals surface area contributed by atoms with E-state index >= 15 is 0 Å². The van der Waals surface area contributed by atoms with E-state index in [2.05, 4.69) is 10.3 Å². The largest absolute Gasteiger partial charge is 0.490 e. The van der Waals surface area contributed by atoms with Gasteiger partial charge in [0.1, 0.15) is 0 Å². The van der Waals surface area contributed by atoms with Crippen LogP contribution in [0.3, 0.4) is 0 Å². The van der Waals surface area contributed by atoms with Crippen LogP contribution in [0.5, 0.6) is 5.75 Å². The SMILES string of the molecule is O=C(O)NC1CCOCC1COc1ccc(-c2ccc(Cl)cn2)cc1F. The van der Waals surface area contributed by atoms with E-state index in [9.17, 15) is 9.18 Å². The van der Waals surface area contributed by atoms with Crippen molar-refractivity contribution in [2.24, 2.45) is 5.92 Å². The molecule has 3 rings (SSSR count). The van der Waals surface area contributed by atoms with Gasteiger partial charge in [-0.15, -0.1) is 0 Å². The summed E-state index contributed by atoms with van der Waals surface area (Å²) in [5.41, 5.74) is 1.21. The second-order valence-corrected chi connectivity index (χ2v) is 6.43. The highest BCUT2D eigenvalue weighted by atomic mass is 35.5. The van der Waals surface area contributed by atoms with Crippen LogP contribution in [0.25, 0.3) is 11.3 Å². The average Bonchev–Trinajstić information content (AvgIpc) is 2.62. The highest BCUT2D eigenvalue weighted by Gasteiger charge is 2.28. The smallest absolute Gasteiger partial charge is 0.404 e. The molecule has 1 aromatic heterocycles. The third kappa shape index (κ3) is 4.62. The molecular weight excluding hydrogens is 363 g/mol. The highest BCUT2D eigenvalue weighted by Crippen LogP contribution is 2.26. The molecule has 0 aliphatic carbocycles. The van der Waals surface area contributed by atoms with Gasteiger partial charge < -0.3 is 19.9 Å². The zero-order valence-corrected chi connectivity index (χ0v) is 14.6. The van der Waals surface area contributed by atoms with Crippen molar-refractivity contribution in [1.29, 1.82) is 0 Å². The molecule has 6 nitrogen and oxygen atoms in total. The third-order valence-electron chi connectivity index (χ3n) is 4.19. The lowest BCUT2D eigenvalue weighted by Crippen LogP contribution is -2.47. The fourth-order valence-electron chi connectivity index (χ4n) is 2.83. The summed E-state index contributed by atoms with van der Waals surface area (Å²) in [6, 6.07) is 7.70. The van der Waals surface area contributed by atoms with Crippen LogP contribution in [0.2, 0.25) is 5.02 Å². The molecule has 1 aliphatic heterocycles. The molecule has 1 aliphatic rings. The van der Waals surface area contributed by atoms with Crippen LogP contribution >= 0.6 is 11.6 Å². The van der Waals surface area contributed by atoms with Gasteiger partial charge in [0.2, 0.25) is 0 Å². The monoisotopic (exact) mass is 380 g/mol. The number of hydrogen-bond donors (Lipinski definition) is 2. The lowest BCUT2D eigenvalue weighted by Gasteiger charge is -2.31. The van der Waals surface area contributed by atoms with Crippen LogP contribution in [-0.4, -0.2) is 42.0 Å². The number of amides is 1.